The number of rotatable bonds is 3. The third-order valence-corrected chi connectivity index (χ3v) is 1.43. The first-order chi connectivity index (χ1) is 5.83. The van der Waals surface area contributed by atoms with Crippen molar-refractivity contribution < 1.29 is 0 Å². The van der Waals surface area contributed by atoms with Gasteiger partial charge >= 0.3 is 0 Å². The second-order valence-corrected chi connectivity index (χ2v) is 2.43. The van der Waals surface area contributed by atoms with Gasteiger partial charge in [-0.15, -0.1) is 0 Å². The molecule has 0 radical (unpaired) electrons. The Hall–Kier alpha value is -1.47. The van der Waals surface area contributed by atoms with Gasteiger partial charge in [-0.25, -0.2) is 9.97 Å². The zero-order valence-corrected chi connectivity index (χ0v) is 6.86. The third kappa shape index (κ3) is 2.64. The van der Waals surface area contributed by atoms with Gasteiger partial charge in [-0.1, -0.05) is 0 Å². The lowest BCUT2D eigenvalue weighted by Crippen LogP contribution is -2.23. The minimum absolute atomic E-state index is 0.139. The number of aromatic nitrogens is 2. The molecule has 1 atom stereocenters. The van der Waals surface area contributed by atoms with Crippen molar-refractivity contribution in [1.82, 2.24) is 15.3 Å². The van der Waals surface area contributed by atoms with Crippen molar-refractivity contribution in [2.75, 3.05) is 0 Å². The van der Waals surface area contributed by atoms with Crippen LogP contribution in [0.3, 0.4) is 0 Å². The molecule has 4 nitrogen and oxygen atoms in total. The highest BCUT2D eigenvalue weighted by molar-refractivity contribution is 4.98. The molecule has 1 aromatic rings. The molecule has 62 valence electrons. The molecule has 0 aliphatic carbocycles. The SMILES string of the molecule is CC(C#N)NCc1ccncn1. The number of nitrogens with zero attached hydrogens (tertiary/aromatic N) is 3. The topological polar surface area (TPSA) is 61.6 Å². The molecule has 1 aromatic heterocycles. The molecule has 0 bridgehead atoms. The summed E-state index contributed by atoms with van der Waals surface area (Å²) in [5, 5.41) is 11.5. The van der Waals surface area contributed by atoms with Crippen molar-refractivity contribution in [2.24, 2.45) is 0 Å². The first-order valence-electron chi connectivity index (χ1n) is 3.71. The standard InChI is InChI=1S/C8H10N4/c1-7(4-9)11-5-8-2-3-10-6-12-8/h2-3,6-7,11H,5H2,1H3. The summed E-state index contributed by atoms with van der Waals surface area (Å²) in [5.41, 5.74) is 0.895. The molecule has 0 amide bonds. The molecule has 1 rings (SSSR count). The minimum atomic E-state index is -0.139. The summed E-state index contributed by atoms with van der Waals surface area (Å²) in [5.74, 6) is 0. The Balaban J connectivity index is 2.40. The van der Waals surface area contributed by atoms with E-state index in [9.17, 15) is 0 Å². The molecule has 0 aliphatic rings. The summed E-state index contributed by atoms with van der Waals surface area (Å²) >= 11 is 0. The first-order valence-corrected chi connectivity index (χ1v) is 3.71. The highest BCUT2D eigenvalue weighted by Gasteiger charge is 1.97. The molecule has 12 heavy (non-hydrogen) atoms. The Morgan fingerprint density at radius 3 is 3.17 bits per heavy atom. The van der Waals surface area contributed by atoms with Crippen molar-refractivity contribution in [3.63, 3.8) is 0 Å². The summed E-state index contributed by atoms with van der Waals surface area (Å²) in [6, 6.07) is 3.76. The molecule has 0 aromatic carbocycles. The van der Waals surface area contributed by atoms with Gasteiger partial charge < -0.3 is 0 Å². The van der Waals surface area contributed by atoms with Crippen LogP contribution in [0.2, 0.25) is 0 Å². The van der Waals surface area contributed by atoms with Gasteiger partial charge in [0, 0.05) is 12.7 Å². The van der Waals surface area contributed by atoms with Crippen LogP contribution in [0.25, 0.3) is 0 Å². The molecule has 0 fully saturated rings. The summed E-state index contributed by atoms with van der Waals surface area (Å²) in [6.07, 6.45) is 3.18. The molecule has 0 saturated heterocycles. The lowest BCUT2D eigenvalue weighted by Gasteiger charge is -2.03. The Kier molecular flexibility index (Phi) is 3.17. The Morgan fingerprint density at radius 1 is 1.75 bits per heavy atom. The largest absolute Gasteiger partial charge is 0.296 e. The Labute approximate surface area is 71.3 Å². The summed E-state index contributed by atoms with van der Waals surface area (Å²) in [6.45, 7) is 2.42. The van der Waals surface area contributed by atoms with Gasteiger partial charge in [0.2, 0.25) is 0 Å². The number of hydrogen-bond acceptors (Lipinski definition) is 4. The van der Waals surface area contributed by atoms with Gasteiger partial charge in [-0.2, -0.15) is 5.26 Å². The first kappa shape index (κ1) is 8.62. The van der Waals surface area contributed by atoms with E-state index in [1.165, 1.54) is 6.33 Å². The predicted molar refractivity (Wildman–Crippen MR) is 43.9 cm³/mol. The van der Waals surface area contributed by atoms with Crippen LogP contribution in [0, 0.1) is 11.3 Å². The second-order valence-electron chi connectivity index (χ2n) is 2.43. The van der Waals surface area contributed by atoms with Crippen LogP contribution < -0.4 is 5.32 Å². The van der Waals surface area contributed by atoms with E-state index in [0.717, 1.165) is 5.69 Å². The quantitative estimate of drug-likeness (QED) is 0.702. The monoisotopic (exact) mass is 162 g/mol. The Morgan fingerprint density at radius 2 is 2.58 bits per heavy atom. The van der Waals surface area contributed by atoms with Gasteiger partial charge in [-0.3, -0.25) is 5.32 Å². The maximum Gasteiger partial charge on any atom is 0.115 e. The van der Waals surface area contributed by atoms with Crippen molar-refractivity contribution >= 4 is 0 Å². The molecule has 0 aliphatic heterocycles. The third-order valence-electron chi connectivity index (χ3n) is 1.43. The number of nitriles is 1. The molecule has 4 heteroatoms. The molecular formula is C8H10N4. The lowest BCUT2D eigenvalue weighted by molar-refractivity contribution is 0.631. The second kappa shape index (κ2) is 4.42. The summed E-state index contributed by atoms with van der Waals surface area (Å²) in [7, 11) is 0. The van der Waals surface area contributed by atoms with E-state index in [1.807, 2.05) is 6.07 Å². The lowest BCUT2D eigenvalue weighted by atomic mass is 10.3. The predicted octanol–water partition coefficient (Wildman–Crippen LogP) is 0.478. The average molecular weight is 162 g/mol. The number of nitrogens with one attached hydrogen (secondary N) is 1. The number of hydrogen-bond donors (Lipinski definition) is 1. The van der Waals surface area contributed by atoms with E-state index < -0.39 is 0 Å². The van der Waals surface area contributed by atoms with E-state index in [2.05, 4.69) is 21.4 Å². The fraction of sp³-hybridized carbons (Fsp3) is 0.375. The average Bonchev–Trinajstić information content (AvgIpc) is 2.16. The molecule has 1 unspecified atom stereocenters. The van der Waals surface area contributed by atoms with Gasteiger partial charge in [0.1, 0.15) is 6.33 Å². The van der Waals surface area contributed by atoms with Crippen molar-refractivity contribution in [2.45, 2.75) is 19.5 Å². The molecule has 0 spiro atoms. The summed E-state index contributed by atoms with van der Waals surface area (Å²) in [4.78, 5) is 7.79. The van der Waals surface area contributed by atoms with E-state index in [-0.39, 0.29) is 6.04 Å². The molecule has 1 heterocycles. The van der Waals surface area contributed by atoms with E-state index in [4.69, 9.17) is 5.26 Å². The normalized spacial score (nSPS) is 12.0. The van der Waals surface area contributed by atoms with Crippen LogP contribution in [-0.2, 0) is 6.54 Å². The van der Waals surface area contributed by atoms with Crippen molar-refractivity contribution in [3.05, 3.63) is 24.3 Å². The van der Waals surface area contributed by atoms with Crippen LogP contribution in [0.15, 0.2) is 18.6 Å². The van der Waals surface area contributed by atoms with Gasteiger partial charge in [0.05, 0.1) is 17.8 Å². The molecule has 1 N–H and O–H groups in total. The van der Waals surface area contributed by atoms with Crippen LogP contribution in [0.1, 0.15) is 12.6 Å². The fourth-order valence-electron chi connectivity index (χ4n) is 0.726. The maximum absolute atomic E-state index is 8.47. The fourth-order valence-corrected chi connectivity index (χ4v) is 0.726. The van der Waals surface area contributed by atoms with Gasteiger partial charge in [0.25, 0.3) is 0 Å². The van der Waals surface area contributed by atoms with E-state index in [0.29, 0.717) is 6.54 Å². The van der Waals surface area contributed by atoms with E-state index >= 15 is 0 Å². The minimum Gasteiger partial charge on any atom is -0.296 e. The van der Waals surface area contributed by atoms with Crippen molar-refractivity contribution in [3.8, 4) is 6.07 Å². The van der Waals surface area contributed by atoms with Gasteiger partial charge in [-0.05, 0) is 13.0 Å². The van der Waals surface area contributed by atoms with Crippen LogP contribution >= 0.6 is 0 Å². The van der Waals surface area contributed by atoms with Crippen molar-refractivity contribution in [1.29, 1.82) is 5.26 Å². The van der Waals surface area contributed by atoms with Gasteiger partial charge in [0.15, 0.2) is 0 Å². The maximum atomic E-state index is 8.47. The van der Waals surface area contributed by atoms with Crippen LogP contribution in [-0.4, -0.2) is 16.0 Å². The smallest absolute Gasteiger partial charge is 0.115 e. The highest BCUT2D eigenvalue weighted by atomic mass is 14.9. The zero-order valence-electron chi connectivity index (χ0n) is 6.86. The van der Waals surface area contributed by atoms with E-state index in [1.54, 1.807) is 13.1 Å². The molecular weight excluding hydrogens is 152 g/mol. The van der Waals surface area contributed by atoms with Crippen LogP contribution in [0.5, 0.6) is 0 Å². The summed E-state index contributed by atoms with van der Waals surface area (Å²) < 4.78 is 0. The zero-order chi connectivity index (χ0) is 8.81. The Bertz CT molecular complexity index is 264. The van der Waals surface area contributed by atoms with Crippen LogP contribution in [0.4, 0.5) is 0 Å². The highest BCUT2D eigenvalue weighted by Crippen LogP contribution is 1.90. The molecule has 0 saturated carbocycles.